The van der Waals surface area contributed by atoms with Gasteiger partial charge in [0.1, 0.15) is 12.0 Å². The summed E-state index contributed by atoms with van der Waals surface area (Å²) in [4.78, 5) is 10.4. The van der Waals surface area contributed by atoms with Crippen molar-refractivity contribution in [2.24, 2.45) is 9.98 Å². The average Bonchev–Trinajstić information content (AvgIpc) is 3.75. The Morgan fingerprint density at radius 2 is 1.02 bits per heavy atom. The predicted octanol–water partition coefficient (Wildman–Crippen LogP) is 11.5. The van der Waals surface area contributed by atoms with Gasteiger partial charge in [-0.05, 0) is 70.9 Å². The molecule has 10 aromatic rings. The van der Waals surface area contributed by atoms with Crippen LogP contribution >= 0.6 is 0 Å². The van der Waals surface area contributed by atoms with Crippen LogP contribution in [-0.2, 0) is 0 Å². The van der Waals surface area contributed by atoms with Crippen LogP contribution in [0.4, 0.5) is 0 Å². The molecule has 1 aliphatic heterocycles. The van der Waals surface area contributed by atoms with Gasteiger partial charge in [-0.3, -0.25) is 0 Å². The summed E-state index contributed by atoms with van der Waals surface area (Å²) in [6.45, 7) is 0. The molecule has 0 radical (unpaired) electrons. The van der Waals surface area contributed by atoms with E-state index in [-0.39, 0.29) is 6.17 Å². The van der Waals surface area contributed by atoms with Gasteiger partial charge in [0.05, 0.1) is 22.1 Å². The van der Waals surface area contributed by atoms with Crippen LogP contribution in [0.2, 0.25) is 0 Å². The number of nitrogens with zero attached hydrogens (tertiary/aromatic N) is 4. The molecule has 254 valence electrons. The van der Waals surface area contributed by atoms with Gasteiger partial charge in [-0.2, -0.15) is 0 Å². The van der Waals surface area contributed by atoms with Crippen LogP contribution in [0.25, 0.3) is 65.8 Å². The monoisotopic (exact) mass is 691 g/mol. The third-order valence-electron chi connectivity index (χ3n) is 10.7. The zero-order valence-electron chi connectivity index (χ0n) is 29.3. The number of rotatable bonds is 5. The number of nitrogens with one attached hydrogen (secondary N) is 1. The normalized spacial score (nSPS) is 14.5. The first kappa shape index (κ1) is 30.4. The maximum atomic E-state index is 5.22. The van der Waals surface area contributed by atoms with Gasteiger partial charge in [0.2, 0.25) is 0 Å². The molecule has 2 aromatic heterocycles. The van der Waals surface area contributed by atoms with Gasteiger partial charge >= 0.3 is 0 Å². The summed E-state index contributed by atoms with van der Waals surface area (Å²) in [6.07, 6.45) is -0.287. The lowest BCUT2D eigenvalue weighted by Crippen LogP contribution is -2.33. The van der Waals surface area contributed by atoms with E-state index in [4.69, 9.17) is 9.98 Å². The van der Waals surface area contributed by atoms with Crippen molar-refractivity contribution in [3.63, 3.8) is 0 Å². The summed E-state index contributed by atoms with van der Waals surface area (Å²) in [6, 6.07) is 66.9. The average molecular weight is 692 g/mol. The zero-order chi connectivity index (χ0) is 35.6. The molecule has 5 heteroatoms. The van der Waals surface area contributed by atoms with Gasteiger partial charge in [-0.15, -0.1) is 0 Å². The first-order chi connectivity index (χ1) is 26.8. The number of para-hydroxylation sites is 3. The first-order valence-corrected chi connectivity index (χ1v) is 18.4. The van der Waals surface area contributed by atoms with E-state index in [1.165, 1.54) is 43.4 Å². The van der Waals surface area contributed by atoms with Crippen molar-refractivity contribution in [2.45, 2.75) is 6.17 Å². The Morgan fingerprint density at radius 1 is 0.407 bits per heavy atom. The van der Waals surface area contributed by atoms with Crippen molar-refractivity contribution in [1.82, 2.24) is 14.5 Å². The summed E-state index contributed by atoms with van der Waals surface area (Å²) in [5.41, 5.74) is 9.94. The number of aromatic nitrogens is 2. The smallest absolute Gasteiger partial charge is 0.159 e. The quantitative estimate of drug-likeness (QED) is 0.192. The van der Waals surface area contributed by atoms with Crippen LogP contribution in [0.5, 0.6) is 0 Å². The van der Waals surface area contributed by atoms with E-state index < -0.39 is 0 Å². The number of amidine groups is 2. The fraction of sp³-hybridized carbons (Fsp3) is 0.0204. The molecule has 1 unspecified atom stereocenters. The maximum absolute atomic E-state index is 5.22. The van der Waals surface area contributed by atoms with Crippen molar-refractivity contribution >= 4 is 66.1 Å². The molecule has 0 saturated heterocycles. The molecule has 1 N–H and O–H groups in total. The fourth-order valence-electron chi connectivity index (χ4n) is 8.22. The molecule has 8 aromatic carbocycles. The maximum Gasteiger partial charge on any atom is 0.159 e. The lowest BCUT2D eigenvalue weighted by molar-refractivity contribution is 0.674. The Labute approximate surface area is 311 Å². The van der Waals surface area contributed by atoms with Crippen LogP contribution in [0.3, 0.4) is 0 Å². The highest BCUT2D eigenvalue weighted by Crippen LogP contribution is 2.39. The molecular weight excluding hydrogens is 659 g/mol. The third-order valence-corrected chi connectivity index (χ3v) is 10.7. The predicted molar refractivity (Wildman–Crippen MR) is 224 cm³/mol. The van der Waals surface area contributed by atoms with E-state index in [1.54, 1.807) is 0 Å². The van der Waals surface area contributed by atoms with Crippen LogP contribution in [0.15, 0.2) is 198 Å². The van der Waals surface area contributed by atoms with E-state index in [0.717, 1.165) is 44.9 Å². The molecule has 0 amide bonds. The van der Waals surface area contributed by atoms with Gasteiger partial charge in [0, 0.05) is 44.0 Å². The second-order valence-corrected chi connectivity index (χ2v) is 13.9. The Morgan fingerprint density at radius 3 is 1.76 bits per heavy atom. The SMILES string of the molecule is c1ccc(C2N=C(c3cccc(-n4c5ccccc5c5cc6c7ccccc7n(-c7ccccc7)c6cc54)c3)N=C(c3ccc4ccccc4c3)N2)cc1. The van der Waals surface area contributed by atoms with Crippen LogP contribution < -0.4 is 5.32 Å². The minimum atomic E-state index is -0.287. The minimum absolute atomic E-state index is 0.287. The van der Waals surface area contributed by atoms with Crippen molar-refractivity contribution in [2.75, 3.05) is 0 Å². The van der Waals surface area contributed by atoms with E-state index in [1.807, 2.05) is 6.07 Å². The topological polar surface area (TPSA) is 46.6 Å². The minimum Gasteiger partial charge on any atom is -0.344 e. The van der Waals surface area contributed by atoms with E-state index >= 15 is 0 Å². The van der Waals surface area contributed by atoms with Gasteiger partial charge in [-0.25, -0.2) is 9.98 Å². The van der Waals surface area contributed by atoms with Crippen LogP contribution in [0, 0.1) is 0 Å². The van der Waals surface area contributed by atoms with E-state index in [2.05, 4.69) is 196 Å². The number of fused-ring (bicyclic) bond motifs is 7. The molecule has 1 atom stereocenters. The number of benzene rings is 8. The Bertz CT molecular complexity index is 3130. The summed E-state index contributed by atoms with van der Waals surface area (Å²) >= 11 is 0. The molecule has 54 heavy (non-hydrogen) atoms. The molecule has 3 heterocycles. The highest BCUT2D eigenvalue weighted by Gasteiger charge is 2.23. The summed E-state index contributed by atoms with van der Waals surface area (Å²) in [5.74, 6) is 1.50. The molecule has 0 bridgehead atoms. The summed E-state index contributed by atoms with van der Waals surface area (Å²) in [5, 5.41) is 10.9. The molecule has 0 aliphatic carbocycles. The van der Waals surface area contributed by atoms with Crippen molar-refractivity contribution in [3.05, 3.63) is 205 Å². The van der Waals surface area contributed by atoms with Crippen molar-refractivity contribution in [3.8, 4) is 11.4 Å². The largest absolute Gasteiger partial charge is 0.344 e. The first-order valence-electron chi connectivity index (χ1n) is 18.4. The van der Waals surface area contributed by atoms with Gasteiger partial charge in [0.15, 0.2) is 5.84 Å². The Balaban J connectivity index is 1.12. The summed E-state index contributed by atoms with van der Waals surface area (Å²) < 4.78 is 4.78. The van der Waals surface area contributed by atoms with E-state index in [9.17, 15) is 0 Å². The third kappa shape index (κ3) is 4.86. The van der Waals surface area contributed by atoms with Crippen LogP contribution in [-0.4, -0.2) is 20.8 Å². The Kier molecular flexibility index (Phi) is 6.85. The second kappa shape index (κ2) is 12.2. The fourth-order valence-corrected chi connectivity index (χ4v) is 8.22. The highest BCUT2D eigenvalue weighted by molar-refractivity contribution is 6.19. The lowest BCUT2D eigenvalue weighted by atomic mass is 10.0. The molecule has 0 fully saturated rings. The number of hydrogen-bond donors (Lipinski definition) is 1. The molecule has 0 spiro atoms. The molecule has 5 nitrogen and oxygen atoms in total. The van der Waals surface area contributed by atoms with E-state index in [0.29, 0.717) is 5.84 Å². The van der Waals surface area contributed by atoms with Gasteiger partial charge < -0.3 is 14.5 Å². The second-order valence-electron chi connectivity index (χ2n) is 13.9. The lowest BCUT2D eigenvalue weighted by Gasteiger charge is -2.24. The number of hydrogen-bond acceptors (Lipinski definition) is 3. The standard InChI is InChI=1S/C49H33N5/c1-3-15-33(16-4-1)47-50-48(52-49(51-47)36-27-26-32-14-7-8-17-34(32)28-36)35-18-13-21-38(29-35)54-44-25-12-10-23-40(44)42-30-41-39-22-9-11-24-43(39)53(45(41)31-46(42)54)37-19-5-2-6-20-37/h1-31,47H,(H,50,51,52). The molecule has 11 rings (SSSR count). The highest BCUT2D eigenvalue weighted by atomic mass is 15.2. The molecule has 1 aliphatic rings. The Hall–Kier alpha value is -7.24. The van der Waals surface area contributed by atoms with Crippen LogP contribution in [0.1, 0.15) is 22.9 Å². The van der Waals surface area contributed by atoms with Gasteiger partial charge in [0.25, 0.3) is 0 Å². The van der Waals surface area contributed by atoms with Crippen molar-refractivity contribution < 1.29 is 0 Å². The number of aliphatic imine (C=N–C) groups is 2. The molecule has 0 saturated carbocycles. The van der Waals surface area contributed by atoms with Crippen molar-refractivity contribution in [1.29, 1.82) is 0 Å². The molecular formula is C49H33N5. The van der Waals surface area contributed by atoms with Gasteiger partial charge in [-0.1, -0.05) is 133 Å². The zero-order valence-corrected chi connectivity index (χ0v) is 29.3. The summed E-state index contributed by atoms with van der Waals surface area (Å²) in [7, 11) is 0.